The molecule has 0 radical (unpaired) electrons. The summed E-state index contributed by atoms with van der Waals surface area (Å²) in [7, 11) is 0. The second-order valence-electron chi connectivity index (χ2n) is 0.321. The molecule has 0 amide bonds. The first-order valence-electron chi connectivity index (χ1n) is 0.911. The van der Waals surface area contributed by atoms with Crippen LogP contribution in [0.4, 0.5) is 0 Å². The van der Waals surface area contributed by atoms with Crippen molar-refractivity contribution in [3.05, 3.63) is 0 Å². The van der Waals surface area contributed by atoms with E-state index in [2.05, 4.69) is 0 Å². The van der Waals surface area contributed by atoms with Crippen LogP contribution >= 0.6 is 11.6 Å². The van der Waals surface area contributed by atoms with Gasteiger partial charge in [0.05, 0.1) is 5.88 Å². The average molecular weight is 102 g/mol. The molecular weight excluding hydrogens is 98.5 g/mol. The van der Waals surface area contributed by atoms with Gasteiger partial charge in [0, 0.05) is 0 Å². The summed E-state index contributed by atoms with van der Waals surface area (Å²) in [4.78, 5) is 9.04. The van der Waals surface area contributed by atoms with Gasteiger partial charge in [-0.3, -0.25) is 0 Å². The summed E-state index contributed by atoms with van der Waals surface area (Å²) < 4.78 is 0. The normalized spacial score (nSPS) is 5.00. The van der Waals surface area contributed by atoms with Gasteiger partial charge in [-0.05, 0) is 0 Å². The van der Waals surface area contributed by atoms with Crippen molar-refractivity contribution in [3.8, 4) is 0 Å². The van der Waals surface area contributed by atoms with Crippen LogP contribution < -0.4 is 29.6 Å². The van der Waals surface area contributed by atoms with E-state index in [0.717, 1.165) is 0 Å². The second kappa shape index (κ2) is 8.88. The summed E-state index contributed by atoms with van der Waals surface area (Å²) >= 11 is 4.82. The van der Waals surface area contributed by atoms with Gasteiger partial charge in [0.15, 0.2) is 0 Å². The van der Waals surface area contributed by atoms with E-state index in [1.807, 2.05) is 0 Å². The van der Waals surface area contributed by atoms with Gasteiger partial charge >= 0.3 is 29.6 Å². The number of carbonyl (C=O) groups is 1. The molecule has 26 valence electrons. The standard InChI is InChI=1S/C2H3ClO.Na.H/c3-1-2-4;;/h2H,1H2;;/q;+1;-1. The molecule has 0 aliphatic rings. The van der Waals surface area contributed by atoms with Crippen LogP contribution in [0.2, 0.25) is 0 Å². The number of alkyl halides is 1. The smallest absolute Gasteiger partial charge is 1.00 e. The molecule has 5 heavy (non-hydrogen) atoms. The minimum Gasteiger partial charge on any atom is -1.00 e. The van der Waals surface area contributed by atoms with Crippen LogP contribution in [0.5, 0.6) is 0 Å². The molecule has 0 rings (SSSR count). The first-order chi connectivity index (χ1) is 1.91. The number of aldehydes is 1. The number of hydrogen-bond donors (Lipinski definition) is 0. The zero-order valence-corrected chi connectivity index (χ0v) is 5.83. The largest absolute Gasteiger partial charge is 1.00 e. The molecule has 0 aromatic rings. The van der Waals surface area contributed by atoms with Crippen LogP contribution in [0.25, 0.3) is 0 Å². The van der Waals surface area contributed by atoms with Gasteiger partial charge in [0.1, 0.15) is 6.29 Å². The summed E-state index contributed by atoms with van der Waals surface area (Å²) in [5.41, 5.74) is 0. The maximum absolute atomic E-state index is 9.04. The van der Waals surface area contributed by atoms with E-state index in [9.17, 15) is 0 Å². The van der Waals surface area contributed by atoms with Crippen molar-refractivity contribution >= 4 is 17.9 Å². The molecule has 0 heterocycles. The Labute approximate surface area is 59.5 Å². The number of halogens is 1. The van der Waals surface area contributed by atoms with Crippen LogP contribution in [0, 0.1) is 0 Å². The van der Waals surface area contributed by atoms with Crippen molar-refractivity contribution in [3.63, 3.8) is 0 Å². The summed E-state index contributed by atoms with van der Waals surface area (Å²) in [6.45, 7) is 0. The van der Waals surface area contributed by atoms with Gasteiger partial charge in [-0.2, -0.15) is 0 Å². The molecule has 0 aromatic heterocycles. The monoisotopic (exact) mass is 102 g/mol. The van der Waals surface area contributed by atoms with Crippen molar-refractivity contribution in [2.45, 2.75) is 0 Å². The Bertz CT molecular complexity index is 27.5. The third-order valence-electron chi connectivity index (χ3n) is 0.0630. The number of rotatable bonds is 1. The van der Waals surface area contributed by atoms with E-state index < -0.39 is 0 Å². The quantitative estimate of drug-likeness (QED) is 0.204. The molecule has 3 heteroatoms. The van der Waals surface area contributed by atoms with E-state index in [4.69, 9.17) is 16.4 Å². The van der Waals surface area contributed by atoms with Crippen molar-refractivity contribution in [2.75, 3.05) is 5.88 Å². The van der Waals surface area contributed by atoms with E-state index in [0.29, 0.717) is 6.29 Å². The van der Waals surface area contributed by atoms with Crippen molar-refractivity contribution in [2.24, 2.45) is 0 Å². The van der Waals surface area contributed by atoms with Gasteiger partial charge in [0.2, 0.25) is 0 Å². The Morgan fingerprint density at radius 2 is 2.20 bits per heavy atom. The Morgan fingerprint density at radius 1 is 2.00 bits per heavy atom. The minimum absolute atomic E-state index is 0. The average Bonchev–Trinajstić information content (AvgIpc) is 1.37. The van der Waals surface area contributed by atoms with Gasteiger partial charge < -0.3 is 6.22 Å². The molecule has 1 nitrogen and oxygen atoms in total. The molecule has 0 spiro atoms. The van der Waals surface area contributed by atoms with E-state index in [1.54, 1.807) is 0 Å². The summed E-state index contributed by atoms with van der Waals surface area (Å²) in [5, 5.41) is 0. The second-order valence-corrected chi connectivity index (χ2v) is 0.630. The van der Waals surface area contributed by atoms with E-state index >= 15 is 0 Å². The van der Waals surface area contributed by atoms with Crippen molar-refractivity contribution < 1.29 is 35.8 Å². The van der Waals surface area contributed by atoms with Crippen LogP contribution in [-0.2, 0) is 4.79 Å². The zero-order chi connectivity index (χ0) is 3.41. The molecule has 0 N–H and O–H groups in total. The Balaban J connectivity index is -0.0000000450. The van der Waals surface area contributed by atoms with Gasteiger partial charge in [-0.25, -0.2) is 0 Å². The molecule has 0 bridgehead atoms. The molecule has 0 fully saturated rings. The third kappa shape index (κ3) is 11.3. The predicted molar refractivity (Wildman–Crippen MR) is 17.9 cm³/mol. The van der Waals surface area contributed by atoms with Crippen LogP contribution in [0.3, 0.4) is 0 Å². The van der Waals surface area contributed by atoms with E-state index in [1.165, 1.54) is 0 Å². The molecule has 0 aliphatic heterocycles. The minimum atomic E-state index is 0. The number of carbonyl (C=O) groups excluding carboxylic acids is 1. The van der Waals surface area contributed by atoms with Gasteiger partial charge in [-0.15, -0.1) is 11.6 Å². The summed E-state index contributed by atoms with van der Waals surface area (Å²) in [6, 6.07) is 0. The van der Waals surface area contributed by atoms with Crippen LogP contribution in [0.1, 0.15) is 1.43 Å². The van der Waals surface area contributed by atoms with E-state index in [-0.39, 0.29) is 36.9 Å². The summed E-state index contributed by atoms with van der Waals surface area (Å²) in [6.07, 6.45) is 0.640. The van der Waals surface area contributed by atoms with Crippen molar-refractivity contribution in [1.29, 1.82) is 0 Å². The molecular formula is C2H4ClNaO. The molecule has 0 saturated heterocycles. The predicted octanol–water partition coefficient (Wildman–Crippen LogP) is -2.46. The number of hydrogen-bond acceptors (Lipinski definition) is 1. The Kier molecular flexibility index (Phi) is 16.6. The van der Waals surface area contributed by atoms with Gasteiger partial charge in [0.25, 0.3) is 0 Å². The molecule has 0 saturated carbocycles. The van der Waals surface area contributed by atoms with Crippen molar-refractivity contribution in [1.82, 2.24) is 0 Å². The molecule has 0 unspecified atom stereocenters. The fourth-order valence-electron chi connectivity index (χ4n) is 0. The molecule has 0 aliphatic carbocycles. The summed E-state index contributed by atoms with van der Waals surface area (Å²) in [5.74, 6) is 0.111. The van der Waals surface area contributed by atoms with Gasteiger partial charge in [-0.1, -0.05) is 0 Å². The third-order valence-corrected chi connectivity index (χ3v) is 0.189. The fourth-order valence-corrected chi connectivity index (χ4v) is 0. The van der Waals surface area contributed by atoms with Crippen LogP contribution in [-0.4, -0.2) is 12.2 Å². The van der Waals surface area contributed by atoms with Crippen LogP contribution in [0.15, 0.2) is 0 Å². The Morgan fingerprint density at radius 3 is 2.20 bits per heavy atom. The zero-order valence-electron chi connectivity index (χ0n) is 4.07. The maximum atomic E-state index is 9.04. The maximum Gasteiger partial charge on any atom is 1.00 e. The fraction of sp³-hybridized carbons (Fsp3) is 0.500. The SMILES string of the molecule is O=CCCl.[H-].[Na+]. The Hall–Kier alpha value is 0.960. The first kappa shape index (κ1) is 9.35. The molecule has 0 aromatic carbocycles. The first-order valence-corrected chi connectivity index (χ1v) is 1.45. The molecule has 0 atom stereocenters. The topological polar surface area (TPSA) is 17.1 Å².